The molecule has 0 fully saturated rings. The maximum absolute atomic E-state index is 11.2. The number of carbonyl (C=O) groups excluding carboxylic acids is 1. The third kappa shape index (κ3) is 4.27. The summed E-state index contributed by atoms with van der Waals surface area (Å²) >= 11 is 1.72. The molecule has 0 saturated heterocycles. The maximum atomic E-state index is 11.2. The largest absolute Gasteiger partial charge is 0.466 e. The highest BCUT2D eigenvalue weighted by molar-refractivity contribution is 7.99. The van der Waals surface area contributed by atoms with Crippen molar-refractivity contribution in [3.05, 3.63) is 41.0 Å². The number of thioether (sulfide) groups is 1. The van der Waals surface area contributed by atoms with Crippen LogP contribution in [0.3, 0.4) is 0 Å². The van der Waals surface area contributed by atoms with Gasteiger partial charge in [-0.15, -0.1) is 11.8 Å². The number of hydrogen-bond donors (Lipinski definition) is 0. The number of methoxy groups -OCH3 is 1. The van der Waals surface area contributed by atoms with Crippen molar-refractivity contribution in [2.45, 2.75) is 25.7 Å². The summed E-state index contributed by atoms with van der Waals surface area (Å²) in [5.41, 5.74) is 3.25. The van der Waals surface area contributed by atoms with Crippen molar-refractivity contribution in [3.8, 4) is 0 Å². The Bertz CT molecular complexity index is 436. The molecule has 0 radical (unpaired) electrons. The summed E-state index contributed by atoms with van der Waals surface area (Å²) < 4.78 is 4.63. The molecule has 0 aromatic heterocycles. The smallest absolute Gasteiger partial charge is 0.333 e. The minimum Gasteiger partial charge on any atom is -0.466 e. The summed E-state index contributed by atoms with van der Waals surface area (Å²) in [7, 11) is 1.40. The van der Waals surface area contributed by atoms with Crippen LogP contribution in [0.4, 0.5) is 0 Å². The molecule has 0 N–H and O–H groups in total. The van der Waals surface area contributed by atoms with E-state index in [1.807, 2.05) is 6.08 Å². The Morgan fingerprint density at radius 3 is 2.65 bits per heavy atom. The van der Waals surface area contributed by atoms with Crippen molar-refractivity contribution in [1.29, 1.82) is 0 Å². The Labute approximate surface area is 107 Å². The third-order valence-electron chi connectivity index (χ3n) is 2.63. The van der Waals surface area contributed by atoms with E-state index in [1.54, 1.807) is 18.7 Å². The van der Waals surface area contributed by atoms with E-state index in [4.69, 9.17) is 0 Å². The molecule has 1 aromatic rings. The molecule has 0 heterocycles. The van der Waals surface area contributed by atoms with E-state index in [-0.39, 0.29) is 5.97 Å². The second-order valence-corrected chi connectivity index (χ2v) is 5.03. The van der Waals surface area contributed by atoms with Gasteiger partial charge in [-0.3, -0.25) is 0 Å². The van der Waals surface area contributed by atoms with Gasteiger partial charge in [0.1, 0.15) is 0 Å². The number of aryl methyl sites for hydroxylation is 2. The molecule has 17 heavy (non-hydrogen) atoms. The molecule has 0 amide bonds. The second-order valence-electron chi connectivity index (χ2n) is 3.94. The molecule has 3 heteroatoms. The van der Waals surface area contributed by atoms with Gasteiger partial charge in [0.25, 0.3) is 0 Å². The fourth-order valence-corrected chi connectivity index (χ4v) is 2.26. The lowest BCUT2D eigenvalue weighted by atomic mass is 10.1. The number of benzene rings is 1. The Balaban J connectivity index is 2.56. The fourth-order valence-electron chi connectivity index (χ4n) is 1.31. The van der Waals surface area contributed by atoms with E-state index >= 15 is 0 Å². The van der Waals surface area contributed by atoms with Crippen LogP contribution in [0.5, 0.6) is 0 Å². The van der Waals surface area contributed by atoms with E-state index < -0.39 is 0 Å². The summed E-state index contributed by atoms with van der Waals surface area (Å²) in [5, 5.41) is 0. The summed E-state index contributed by atoms with van der Waals surface area (Å²) in [6, 6.07) is 6.39. The van der Waals surface area contributed by atoms with Gasteiger partial charge in [0.2, 0.25) is 0 Å². The first-order valence-electron chi connectivity index (χ1n) is 5.49. The number of hydrogen-bond acceptors (Lipinski definition) is 3. The van der Waals surface area contributed by atoms with Gasteiger partial charge in [-0.25, -0.2) is 4.79 Å². The molecular formula is C14H18O2S. The molecule has 0 aliphatic carbocycles. The molecule has 0 aliphatic rings. The predicted molar refractivity (Wildman–Crippen MR) is 72.4 cm³/mol. The SMILES string of the molecule is COC(=O)C(C)=CCSc1ccc(C)c(C)c1. The van der Waals surface area contributed by atoms with Crippen molar-refractivity contribution >= 4 is 17.7 Å². The Kier molecular flexibility index (Phi) is 5.29. The molecule has 1 rings (SSSR count). The van der Waals surface area contributed by atoms with Gasteiger partial charge in [-0.05, 0) is 44.0 Å². The average molecular weight is 250 g/mol. The van der Waals surface area contributed by atoms with E-state index in [9.17, 15) is 4.79 Å². The number of esters is 1. The molecule has 0 saturated carbocycles. The zero-order chi connectivity index (χ0) is 12.8. The standard InChI is InChI=1S/C14H18O2S/c1-10-5-6-13(9-12(10)3)17-8-7-11(2)14(15)16-4/h5-7,9H,8H2,1-4H3. The van der Waals surface area contributed by atoms with Crippen molar-refractivity contribution in [1.82, 2.24) is 0 Å². The minimum atomic E-state index is -0.259. The molecule has 92 valence electrons. The third-order valence-corrected chi connectivity index (χ3v) is 3.55. The number of rotatable bonds is 4. The fraction of sp³-hybridized carbons (Fsp3) is 0.357. The van der Waals surface area contributed by atoms with Crippen molar-refractivity contribution < 1.29 is 9.53 Å². The number of carbonyl (C=O) groups is 1. The topological polar surface area (TPSA) is 26.3 Å². The molecule has 0 unspecified atom stereocenters. The van der Waals surface area contributed by atoms with Crippen LogP contribution in [0.15, 0.2) is 34.7 Å². The Morgan fingerprint density at radius 2 is 2.06 bits per heavy atom. The van der Waals surface area contributed by atoms with Crippen LogP contribution in [0.25, 0.3) is 0 Å². The van der Waals surface area contributed by atoms with Crippen LogP contribution in [-0.2, 0) is 9.53 Å². The van der Waals surface area contributed by atoms with Crippen LogP contribution < -0.4 is 0 Å². The van der Waals surface area contributed by atoms with Crippen molar-refractivity contribution in [2.75, 3.05) is 12.9 Å². The average Bonchev–Trinajstić information content (AvgIpc) is 2.32. The van der Waals surface area contributed by atoms with Gasteiger partial charge in [0.15, 0.2) is 0 Å². The van der Waals surface area contributed by atoms with E-state index in [0.717, 1.165) is 5.75 Å². The highest BCUT2D eigenvalue weighted by Crippen LogP contribution is 2.21. The molecular weight excluding hydrogens is 232 g/mol. The Morgan fingerprint density at radius 1 is 1.35 bits per heavy atom. The highest BCUT2D eigenvalue weighted by Gasteiger charge is 2.02. The maximum Gasteiger partial charge on any atom is 0.333 e. The first-order chi connectivity index (χ1) is 8.04. The predicted octanol–water partition coefficient (Wildman–Crippen LogP) is 3.51. The number of ether oxygens (including phenoxy) is 1. The van der Waals surface area contributed by atoms with E-state index in [1.165, 1.54) is 23.1 Å². The molecule has 0 atom stereocenters. The lowest BCUT2D eigenvalue weighted by molar-refractivity contribution is -0.136. The van der Waals surface area contributed by atoms with Gasteiger partial charge in [0.05, 0.1) is 7.11 Å². The summed E-state index contributed by atoms with van der Waals surface area (Å²) in [6.07, 6.45) is 1.89. The molecule has 0 bridgehead atoms. The van der Waals surface area contributed by atoms with Gasteiger partial charge < -0.3 is 4.74 Å². The summed E-state index contributed by atoms with van der Waals surface area (Å²) in [5.74, 6) is 0.523. The summed E-state index contributed by atoms with van der Waals surface area (Å²) in [4.78, 5) is 12.4. The van der Waals surface area contributed by atoms with Crippen LogP contribution in [0.1, 0.15) is 18.1 Å². The van der Waals surface area contributed by atoms with Crippen LogP contribution in [0.2, 0.25) is 0 Å². The van der Waals surface area contributed by atoms with Gasteiger partial charge in [-0.2, -0.15) is 0 Å². The zero-order valence-corrected chi connectivity index (χ0v) is 11.6. The zero-order valence-electron chi connectivity index (χ0n) is 10.7. The van der Waals surface area contributed by atoms with Crippen LogP contribution in [0, 0.1) is 13.8 Å². The van der Waals surface area contributed by atoms with E-state index in [2.05, 4.69) is 36.8 Å². The van der Waals surface area contributed by atoms with Gasteiger partial charge >= 0.3 is 5.97 Å². The monoisotopic (exact) mass is 250 g/mol. The quantitative estimate of drug-likeness (QED) is 0.464. The van der Waals surface area contributed by atoms with Crippen molar-refractivity contribution in [2.24, 2.45) is 0 Å². The normalized spacial score (nSPS) is 11.4. The van der Waals surface area contributed by atoms with Gasteiger partial charge in [0, 0.05) is 16.2 Å². The highest BCUT2D eigenvalue weighted by atomic mass is 32.2. The molecule has 1 aromatic carbocycles. The molecule has 0 spiro atoms. The van der Waals surface area contributed by atoms with Gasteiger partial charge in [-0.1, -0.05) is 12.1 Å². The van der Waals surface area contributed by atoms with Crippen molar-refractivity contribution in [3.63, 3.8) is 0 Å². The molecule has 2 nitrogen and oxygen atoms in total. The van der Waals surface area contributed by atoms with Crippen LogP contribution in [-0.4, -0.2) is 18.8 Å². The lowest BCUT2D eigenvalue weighted by Gasteiger charge is -2.04. The van der Waals surface area contributed by atoms with Crippen LogP contribution >= 0.6 is 11.8 Å². The first kappa shape index (κ1) is 13.8. The molecule has 0 aliphatic heterocycles. The summed E-state index contributed by atoms with van der Waals surface area (Å²) in [6.45, 7) is 5.98. The minimum absolute atomic E-state index is 0.259. The van der Waals surface area contributed by atoms with E-state index in [0.29, 0.717) is 5.57 Å². The second kappa shape index (κ2) is 6.50. The first-order valence-corrected chi connectivity index (χ1v) is 6.48. The Hall–Kier alpha value is -1.22. The lowest BCUT2D eigenvalue weighted by Crippen LogP contribution is -2.01.